The highest BCUT2D eigenvalue weighted by Gasteiger charge is 2.45. The highest BCUT2D eigenvalue weighted by atomic mass is 16.3. The summed E-state index contributed by atoms with van der Waals surface area (Å²) >= 11 is 0. The van der Waals surface area contributed by atoms with E-state index in [2.05, 4.69) is 26.6 Å². The van der Waals surface area contributed by atoms with Crippen molar-refractivity contribution in [3.8, 4) is 5.75 Å². The van der Waals surface area contributed by atoms with Crippen LogP contribution in [0.15, 0.2) is 54.6 Å². The summed E-state index contributed by atoms with van der Waals surface area (Å²) in [5.74, 6) is -3.71. The number of rotatable bonds is 8. The molecule has 0 aromatic heterocycles. The lowest BCUT2D eigenvalue weighted by Crippen LogP contribution is -2.66. The maximum Gasteiger partial charge on any atom is 0.248 e. The van der Waals surface area contributed by atoms with E-state index in [1.807, 2.05) is 65.0 Å². The van der Waals surface area contributed by atoms with Crippen molar-refractivity contribution in [2.24, 2.45) is 5.92 Å². The average molecular weight is 792 g/mol. The second-order valence-electron chi connectivity index (χ2n) is 16.9. The van der Waals surface area contributed by atoms with E-state index in [1.165, 1.54) is 31.0 Å². The Hall–Kier alpha value is -5.02. The van der Waals surface area contributed by atoms with Gasteiger partial charge in [0.25, 0.3) is 0 Å². The summed E-state index contributed by atoms with van der Waals surface area (Å²) in [6.45, 7) is 12.6. The van der Waals surface area contributed by atoms with Crippen LogP contribution in [0.2, 0.25) is 0 Å². The van der Waals surface area contributed by atoms with Gasteiger partial charge in [-0.25, -0.2) is 0 Å². The third kappa shape index (κ3) is 12.2. The van der Waals surface area contributed by atoms with Gasteiger partial charge >= 0.3 is 0 Å². The van der Waals surface area contributed by atoms with Crippen LogP contribution in [0.3, 0.4) is 0 Å². The van der Waals surface area contributed by atoms with Crippen LogP contribution in [0, 0.1) is 5.92 Å². The standard InChI is InChI=1S/C42H61N7O8/c1-24(2)21-33-39(55)45-31(23-28-16-18-29(51)19-17-28)37(53)44-30(22-27-13-10-9-11-14-27)36(52)43-25(3)35(40(56)47-42(5,6)7)49-20-12-15-32(49)38(54)46-34(26(4)50)41(57)48(33)8/h9-11,13-14,16-19,24-26,30-35,50-51H,12,15,20-23H2,1-8H3,(H,43,52)(H,44,53)(H,45,55)(H,46,54)(H,47,56)/t25-,26+,30-,31+,32-,33+,34-,35-/m0/s1. The molecule has 2 aromatic carbocycles. The van der Waals surface area contributed by atoms with E-state index in [-0.39, 0.29) is 30.9 Å². The Morgan fingerprint density at radius 2 is 1.39 bits per heavy atom. The van der Waals surface area contributed by atoms with Crippen molar-refractivity contribution in [3.05, 3.63) is 65.7 Å². The molecule has 8 atom stereocenters. The molecule has 15 nitrogen and oxygen atoms in total. The van der Waals surface area contributed by atoms with Gasteiger partial charge in [-0.1, -0.05) is 56.3 Å². The van der Waals surface area contributed by atoms with Crippen molar-refractivity contribution in [3.63, 3.8) is 0 Å². The maximum atomic E-state index is 14.4. The number of carbonyl (C=O) groups is 6. The van der Waals surface area contributed by atoms with Crippen molar-refractivity contribution in [2.45, 2.75) is 135 Å². The Bertz CT molecular complexity index is 1730. The molecule has 57 heavy (non-hydrogen) atoms. The van der Waals surface area contributed by atoms with Crippen molar-refractivity contribution < 1.29 is 39.0 Å². The number of benzene rings is 2. The number of likely N-dealkylation sites (N-methyl/N-ethyl adjacent to an activating group) is 1. The molecule has 2 saturated heterocycles. The molecule has 6 amide bonds. The van der Waals surface area contributed by atoms with Crippen LogP contribution in [-0.4, -0.2) is 123 Å². The predicted molar refractivity (Wildman–Crippen MR) is 214 cm³/mol. The van der Waals surface area contributed by atoms with E-state index in [0.717, 1.165) is 5.56 Å². The fourth-order valence-corrected chi connectivity index (χ4v) is 7.49. The van der Waals surface area contributed by atoms with Crippen LogP contribution in [0.5, 0.6) is 5.75 Å². The number of amides is 6. The van der Waals surface area contributed by atoms with Crippen LogP contribution < -0.4 is 26.6 Å². The largest absolute Gasteiger partial charge is 0.508 e. The first kappa shape index (κ1) is 44.7. The molecule has 7 N–H and O–H groups in total. The van der Waals surface area contributed by atoms with Crippen LogP contribution in [-0.2, 0) is 41.6 Å². The molecule has 2 heterocycles. The molecule has 0 bridgehead atoms. The second kappa shape index (κ2) is 19.4. The number of fused-ring (bicyclic) bond motifs is 1. The predicted octanol–water partition coefficient (Wildman–Crippen LogP) is 1.15. The number of phenolic OH excluding ortho intramolecular Hbond substituents is 1. The summed E-state index contributed by atoms with van der Waals surface area (Å²) in [6.07, 6.45) is -0.253. The molecule has 2 aliphatic rings. The van der Waals surface area contributed by atoms with E-state index in [4.69, 9.17) is 0 Å². The molecule has 0 saturated carbocycles. The molecule has 15 heteroatoms. The highest BCUT2D eigenvalue weighted by molar-refractivity contribution is 5.97. The summed E-state index contributed by atoms with van der Waals surface area (Å²) in [5.41, 5.74) is 0.684. The van der Waals surface area contributed by atoms with Gasteiger partial charge in [0.15, 0.2) is 0 Å². The molecule has 0 unspecified atom stereocenters. The maximum absolute atomic E-state index is 14.4. The number of aromatic hydroxyl groups is 1. The quantitative estimate of drug-likeness (QED) is 0.204. The second-order valence-corrected chi connectivity index (χ2v) is 16.9. The van der Waals surface area contributed by atoms with Gasteiger partial charge in [0.2, 0.25) is 35.4 Å². The van der Waals surface area contributed by atoms with Crippen LogP contribution in [0.1, 0.15) is 78.9 Å². The topological polar surface area (TPSA) is 210 Å². The fraction of sp³-hybridized carbons (Fsp3) is 0.571. The Kier molecular flexibility index (Phi) is 15.2. The smallest absolute Gasteiger partial charge is 0.248 e. The number of hydrogen-bond acceptors (Lipinski definition) is 9. The fourth-order valence-electron chi connectivity index (χ4n) is 7.49. The van der Waals surface area contributed by atoms with Gasteiger partial charge in [0, 0.05) is 25.4 Å². The molecule has 312 valence electrons. The van der Waals surface area contributed by atoms with Crippen molar-refractivity contribution in [2.75, 3.05) is 13.6 Å². The first-order chi connectivity index (χ1) is 26.7. The van der Waals surface area contributed by atoms with Crippen molar-refractivity contribution >= 4 is 35.4 Å². The Labute approximate surface area is 335 Å². The number of nitrogens with one attached hydrogen (secondary N) is 5. The Morgan fingerprint density at radius 1 is 0.825 bits per heavy atom. The minimum atomic E-state index is -1.44. The lowest BCUT2D eigenvalue weighted by atomic mass is 9.98. The van der Waals surface area contributed by atoms with Crippen LogP contribution >= 0.6 is 0 Å². The van der Waals surface area contributed by atoms with Crippen LogP contribution in [0.25, 0.3) is 0 Å². The van der Waals surface area contributed by atoms with Gasteiger partial charge in [0.05, 0.1) is 18.2 Å². The molecule has 2 aliphatic heterocycles. The summed E-state index contributed by atoms with van der Waals surface area (Å²) in [5, 5.41) is 35.2. The summed E-state index contributed by atoms with van der Waals surface area (Å²) in [6, 6.07) is 7.44. The van der Waals surface area contributed by atoms with Gasteiger partial charge in [0.1, 0.15) is 36.0 Å². The first-order valence-electron chi connectivity index (χ1n) is 19.8. The van der Waals surface area contributed by atoms with Gasteiger partial charge in [-0.2, -0.15) is 0 Å². The zero-order chi connectivity index (χ0) is 42.2. The van der Waals surface area contributed by atoms with Crippen molar-refractivity contribution in [1.29, 1.82) is 0 Å². The van der Waals surface area contributed by atoms with Gasteiger partial charge in [-0.3, -0.25) is 33.7 Å². The third-order valence-corrected chi connectivity index (χ3v) is 10.3. The molecule has 0 radical (unpaired) electrons. The lowest BCUT2D eigenvalue weighted by Gasteiger charge is -2.38. The Balaban J connectivity index is 1.85. The minimum Gasteiger partial charge on any atom is -0.508 e. The van der Waals surface area contributed by atoms with E-state index < -0.39 is 89.4 Å². The number of aliphatic hydroxyl groups is 1. The Morgan fingerprint density at radius 3 is 1.95 bits per heavy atom. The average Bonchev–Trinajstić information content (AvgIpc) is 3.61. The number of aliphatic hydroxyl groups excluding tert-OH is 1. The summed E-state index contributed by atoms with van der Waals surface area (Å²) in [4.78, 5) is 88.4. The normalized spacial score (nSPS) is 26.7. The van der Waals surface area contributed by atoms with Gasteiger partial charge < -0.3 is 41.7 Å². The van der Waals surface area contributed by atoms with E-state index in [1.54, 1.807) is 24.0 Å². The van der Waals surface area contributed by atoms with E-state index >= 15 is 0 Å². The molecule has 0 aliphatic carbocycles. The zero-order valence-electron chi connectivity index (χ0n) is 34.4. The van der Waals surface area contributed by atoms with Crippen LogP contribution in [0.4, 0.5) is 0 Å². The first-order valence-corrected chi connectivity index (χ1v) is 19.8. The number of nitrogens with zero attached hydrogens (tertiary/aromatic N) is 2. The lowest BCUT2D eigenvalue weighted by molar-refractivity contribution is -0.146. The SMILES string of the molecule is CC(C)C[C@@H]1C(=O)N[C@H](Cc2ccc(O)cc2)C(=O)N[C@@H](Cc2ccccc2)C(=O)N[C@@H](C)[C@@H](C(=O)NC(C)(C)C)N2CCC[C@H]2C(=O)N[C@@H]([C@@H](C)O)C(=O)N1C. The number of carbonyl (C=O) groups excluding carboxylic acids is 6. The van der Waals surface area contributed by atoms with Crippen molar-refractivity contribution in [1.82, 2.24) is 36.4 Å². The summed E-state index contributed by atoms with van der Waals surface area (Å²) < 4.78 is 0. The minimum absolute atomic E-state index is 0.0114. The molecule has 0 spiro atoms. The van der Waals surface area contributed by atoms with E-state index in [9.17, 15) is 39.0 Å². The monoisotopic (exact) mass is 791 g/mol. The highest BCUT2D eigenvalue weighted by Crippen LogP contribution is 2.24. The zero-order valence-corrected chi connectivity index (χ0v) is 34.4. The molecule has 4 rings (SSSR count). The molecular formula is C42H61N7O8. The third-order valence-electron chi connectivity index (χ3n) is 10.3. The van der Waals surface area contributed by atoms with Gasteiger partial charge in [-0.15, -0.1) is 0 Å². The molecule has 2 fully saturated rings. The number of phenols is 1. The summed E-state index contributed by atoms with van der Waals surface area (Å²) in [7, 11) is 1.42. The molecular weight excluding hydrogens is 731 g/mol. The van der Waals surface area contributed by atoms with Gasteiger partial charge in [-0.05, 0) is 89.6 Å². The molecule has 2 aromatic rings. The van der Waals surface area contributed by atoms with E-state index in [0.29, 0.717) is 24.9 Å². The number of hydrogen-bond donors (Lipinski definition) is 7.